The minimum atomic E-state index is -0.603. The molecule has 0 radical (unpaired) electrons. The third-order valence-corrected chi connectivity index (χ3v) is 6.86. The van der Waals surface area contributed by atoms with E-state index in [9.17, 15) is 14.4 Å². The standard InChI is InChI=1S/C29H31ClN4O4/c1-18-15-26(34(19(2)35)23-11-7-21(30)8-12-23)25-14-13-24(38-17-28(31)36)16-27(25)33(18)29(37)20-5-9-22(10-6-20)32(3)4/h5-14,16,18,26H,15,17H2,1-4H3,(H2,31,36)/t18-,26+/m1/s1. The van der Waals surface area contributed by atoms with E-state index in [0.29, 0.717) is 34.1 Å². The average Bonchev–Trinajstić information content (AvgIpc) is 2.88. The number of rotatable bonds is 7. The number of ether oxygens (including phenoxy) is 1. The van der Waals surface area contributed by atoms with E-state index in [1.165, 1.54) is 6.92 Å². The zero-order valence-electron chi connectivity index (χ0n) is 21.8. The maximum absolute atomic E-state index is 13.9. The van der Waals surface area contributed by atoms with E-state index in [-0.39, 0.29) is 30.5 Å². The first-order valence-corrected chi connectivity index (χ1v) is 12.7. The quantitative estimate of drug-likeness (QED) is 0.469. The molecule has 0 bridgehead atoms. The second-order valence-corrected chi connectivity index (χ2v) is 9.99. The third kappa shape index (κ3) is 5.60. The number of carbonyl (C=O) groups is 3. The number of nitrogens with two attached hydrogens (primary N) is 1. The molecule has 3 aromatic rings. The van der Waals surface area contributed by atoms with Crippen LogP contribution in [-0.4, -0.2) is 44.5 Å². The van der Waals surface area contributed by atoms with Crippen molar-refractivity contribution in [2.75, 3.05) is 35.4 Å². The van der Waals surface area contributed by atoms with Crippen LogP contribution in [0.3, 0.4) is 0 Å². The van der Waals surface area contributed by atoms with Crippen LogP contribution in [0.5, 0.6) is 5.75 Å². The number of hydrogen-bond donors (Lipinski definition) is 1. The van der Waals surface area contributed by atoms with Crippen LogP contribution in [0.2, 0.25) is 5.02 Å². The van der Waals surface area contributed by atoms with Crippen LogP contribution in [0.1, 0.15) is 42.2 Å². The molecule has 4 rings (SSSR count). The van der Waals surface area contributed by atoms with Crippen LogP contribution in [0.25, 0.3) is 0 Å². The van der Waals surface area contributed by atoms with E-state index >= 15 is 0 Å². The second-order valence-electron chi connectivity index (χ2n) is 9.56. The monoisotopic (exact) mass is 534 g/mol. The highest BCUT2D eigenvalue weighted by Gasteiger charge is 2.38. The molecule has 2 N–H and O–H groups in total. The maximum atomic E-state index is 13.9. The Bertz CT molecular complexity index is 1340. The average molecular weight is 535 g/mol. The summed E-state index contributed by atoms with van der Waals surface area (Å²) in [6.07, 6.45) is 0.512. The lowest BCUT2D eigenvalue weighted by molar-refractivity contribution is -0.120. The van der Waals surface area contributed by atoms with Crippen molar-refractivity contribution in [2.24, 2.45) is 5.73 Å². The molecule has 1 heterocycles. The fraction of sp³-hybridized carbons (Fsp3) is 0.276. The van der Waals surface area contributed by atoms with E-state index in [2.05, 4.69) is 0 Å². The molecule has 8 nitrogen and oxygen atoms in total. The highest BCUT2D eigenvalue weighted by molar-refractivity contribution is 6.30. The van der Waals surface area contributed by atoms with Gasteiger partial charge in [-0.3, -0.25) is 14.4 Å². The van der Waals surface area contributed by atoms with E-state index < -0.39 is 5.91 Å². The molecule has 38 heavy (non-hydrogen) atoms. The summed E-state index contributed by atoms with van der Waals surface area (Å²) in [5, 5.41) is 0.572. The molecule has 0 spiro atoms. The summed E-state index contributed by atoms with van der Waals surface area (Å²) in [6, 6.07) is 19.2. The molecule has 0 fully saturated rings. The van der Waals surface area contributed by atoms with Gasteiger partial charge in [0.1, 0.15) is 5.75 Å². The van der Waals surface area contributed by atoms with Crippen molar-refractivity contribution >= 4 is 46.4 Å². The summed E-state index contributed by atoms with van der Waals surface area (Å²) in [5.41, 5.74) is 8.90. The Balaban J connectivity index is 1.80. The SMILES string of the molecule is CC(=O)N(c1ccc(Cl)cc1)[C@H]1C[C@@H](C)N(C(=O)c2ccc(N(C)C)cc2)c2cc(OCC(N)=O)ccc21. The number of amides is 3. The van der Waals surface area contributed by atoms with Gasteiger partial charge in [0.2, 0.25) is 5.91 Å². The smallest absolute Gasteiger partial charge is 0.258 e. The molecule has 2 atom stereocenters. The van der Waals surface area contributed by atoms with Crippen LogP contribution in [0.4, 0.5) is 17.1 Å². The molecule has 0 aliphatic carbocycles. The van der Waals surface area contributed by atoms with Crippen molar-refractivity contribution in [3.63, 3.8) is 0 Å². The number of primary amides is 1. The van der Waals surface area contributed by atoms with Crippen molar-refractivity contribution in [1.82, 2.24) is 0 Å². The van der Waals surface area contributed by atoms with Gasteiger partial charge in [0.05, 0.1) is 11.7 Å². The fourth-order valence-corrected chi connectivity index (χ4v) is 4.96. The zero-order chi connectivity index (χ0) is 27.6. The summed E-state index contributed by atoms with van der Waals surface area (Å²) in [7, 11) is 3.88. The number of fused-ring (bicyclic) bond motifs is 1. The van der Waals surface area contributed by atoms with Crippen molar-refractivity contribution < 1.29 is 19.1 Å². The first-order chi connectivity index (χ1) is 18.1. The number of benzene rings is 3. The number of anilines is 3. The molecule has 198 valence electrons. The Morgan fingerprint density at radius 1 is 1.00 bits per heavy atom. The summed E-state index contributed by atoms with van der Waals surface area (Å²) >= 11 is 6.10. The van der Waals surface area contributed by atoms with E-state index in [1.807, 2.05) is 56.3 Å². The minimum Gasteiger partial charge on any atom is -0.484 e. The Morgan fingerprint density at radius 3 is 2.21 bits per heavy atom. The van der Waals surface area contributed by atoms with Gasteiger partial charge in [0, 0.05) is 55.1 Å². The summed E-state index contributed by atoms with van der Waals surface area (Å²) in [5.74, 6) is -0.510. The van der Waals surface area contributed by atoms with E-state index in [0.717, 1.165) is 11.3 Å². The van der Waals surface area contributed by atoms with Crippen LogP contribution < -0.4 is 25.2 Å². The molecular weight excluding hydrogens is 504 g/mol. The first-order valence-electron chi connectivity index (χ1n) is 12.3. The van der Waals surface area contributed by atoms with Gasteiger partial charge in [-0.05, 0) is 73.5 Å². The molecule has 0 unspecified atom stereocenters. The molecule has 1 aliphatic heterocycles. The van der Waals surface area contributed by atoms with Crippen molar-refractivity contribution in [3.8, 4) is 5.75 Å². The highest BCUT2D eigenvalue weighted by Crippen LogP contribution is 2.44. The molecular formula is C29H31ClN4O4. The molecule has 3 amide bonds. The first kappa shape index (κ1) is 27.0. The molecule has 0 saturated carbocycles. The summed E-state index contributed by atoms with van der Waals surface area (Å²) in [6.45, 7) is 3.19. The van der Waals surface area contributed by atoms with Crippen molar-refractivity contribution in [1.29, 1.82) is 0 Å². The van der Waals surface area contributed by atoms with Crippen LogP contribution in [0.15, 0.2) is 66.7 Å². The highest BCUT2D eigenvalue weighted by atomic mass is 35.5. The van der Waals surface area contributed by atoms with Crippen LogP contribution in [-0.2, 0) is 9.59 Å². The van der Waals surface area contributed by atoms with E-state index in [4.69, 9.17) is 22.1 Å². The van der Waals surface area contributed by atoms with Gasteiger partial charge in [0.25, 0.3) is 11.8 Å². The normalized spacial score (nSPS) is 16.4. The number of carbonyl (C=O) groups excluding carboxylic acids is 3. The largest absolute Gasteiger partial charge is 0.484 e. The predicted molar refractivity (Wildman–Crippen MR) is 150 cm³/mol. The zero-order valence-corrected chi connectivity index (χ0v) is 22.6. The Labute approximate surface area is 227 Å². The third-order valence-electron chi connectivity index (χ3n) is 6.61. The van der Waals surface area contributed by atoms with Gasteiger partial charge in [0.15, 0.2) is 6.61 Å². The lowest BCUT2D eigenvalue weighted by atomic mass is 9.89. The summed E-state index contributed by atoms with van der Waals surface area (Å²) < 4.78 is 5.57. The van der Waals surface area contributed by atoms with Gasteiger partial charge in [-0.25, -0.2) is 0 Å². The molecule has 9 heteroatoms. The summed E-state index contributed by atoms with van der Waals surface area (Å²) in [4.78, 5) is 43.5. The van der Waals surface area contributed by atoms with Gasteiger partial charge in [-0.15, -0.1) is 0 Å². The molecule has 0 saturated heterocycles. The molecule has 3 aromatic carbocycles. The Morgan fingerprint density at radius 2 is 1.63 bits per heavy atom. The lowest BCUT2D eigenvalue weighted by Crippen LogP contribution is -2.47. The fourth-order valence-electron chi connectivity index (χ4n) is 4.83. The van der Waals surface area contributed by atoms with E-state index in [1.54, 1.807) is 46.2 Å². The number of hydrogen-bond acceptors (Lipinski definition) is 5. The van der Waals surface area contributed by atoms with Crippen LogP contribution >= 0.6 is 11.6 Å². The Hall–Kier alpha value is -4.04. The van der Waals surface area contributed by atoms with Gasteiger partial charge < -0.3 is 25.2 Å². The second kappa shape index (κ2) is 11.1. The molecule has 1 aliphatic rings. The van der Waals surface area contributed by atoms with Gasteiger partial charge in [-0.2, -0.15) is 0 Å². The number of halogens is 1. The van der Waals surface area contributed by atoms with Crippen molar-refractivity contribution in [3.05, 3.63) is 82.9 Å². The maximum Gasteiger partial charge on any atom is 0.258 e. The predicted octanol–water partition coefficient (Wildman–Crippen LogP) is 4.80. The van der Waals surface area contributed by atoms with Crippen LogP contribution in [0, 0.1) is 0 Å². The molecule has 0 aromatic heterocycles. The van der Waals surface area contributed by atoms with Gasteiger partial charge >= 0.3 is 0 Å². The topological polar surface area (TPSA) is 96.2 Å². The number of nitrogens with zero attached hydrogens (tertiary/aromatic N) is 3. The van der Waals surface area contributed by atoms with Crippen molar-refractivity contribution in [2.45, 2.75) is 32.4 Å². The Kier molecular flexibility index (Phi) is 7.92. The van der Waals surface area contributed by atoms with Gasteiger partial charge in [-0.1, -0.05) is 17.7 Å². The minimum absolute atomic E-state index is 0.136. The lowest BCUT2D eigenvalue weighted by Gasteiger charge is -2.43.